The van der Waals surface area contributed by atoms with Crippen molar-refractivity contribution in [3.63, 3.8) is 0 Å². The van der Waals surface area contributed by atoms with E-state index in [2.05, 4.69) is 13.8 Å². The molecule has 2 aliphatic rings. The number of hydrogen-bond donors (Lipinski definition) is 1. The summed E-state index contributed by atoms with van der Waals surface area (Å²) in [7, 11) is 0. The monoisotopic (exact) mass is 336 g/mol. The average Bonchev–Trinajstić information content (AvgIpc) is 2.48. The van der Waals surface area contributed by atoms with Crippen LogP contribution in [0, 0.1) is 11.2 Å². The second kappa shape index (κ2) is 5.22. The van der Waals surface area contributed by atoms with E-state index in [1.54, 1.807) is 11.8 Å². The van der Waals surface area contributed by atoms with Crippen LogP contribution >= 0.6 is 11.6 Å². The van der Waals surface area contributed by atoms with Crippen LogP contribution in [0.25, 0.3) is 0 Å². The maximum Gasteiger partial charge on any atom is 0.338 e. The lowest BCUT2D eigenvalue weighted by molar-refractivity contribution is -0.00965. The van der Waals surface area contributed by atoms with Crippen molar-refractivity contribution in [3.8, 4) is 0 Å². The van der Waals surface area contributed by atoms with Gasteiger partial charge >= 0.3 is 6.92 Å². The molecule has 3 rings (SSSR count). The Labute approximate surface area is 142 Å². The molecule has 0 aromatic heterocycles. The van der Waals surface area contributed by atoms with Crippen LogP contribution in [0.3, 0.4) is 0 Å². The number of benzene rings is 1. The minimum Gasteiger partial charge on any atom is -0.425 e. The Bertz CT molecular complexity index is 690. The van der Waals surface area contributed by atoms with E-state index in [1.807, 2.05) is 19.9 Å². The van der Waals surface area contributed by atoms with Crippen molar-refractivity contribution in [2.75, 3.05) is 11.4 Å². The molecule has 1 aromatic rings. The summed E-state index contributed by atoms with van der Waals surface area (Å²) in [5.74, 6) is -0.0199. The molecule has 124 valence electrons. The van der Waals surface area contributed by atoms with Crippen LogP contribution in [-0.4, -0.2) is 24.9 Å². The lowest BCUT2D eigenvalue weighted by Crippen LogP contribution is -2.67. The molecule has 0 radical (unpaired) electrons. The number of aryl methyl sites for hydroxylation is 1. The minimum absolute atomic E-state index is 0.118. The predicted molar refractivity (Wildman–Crippen MR) is 95.1 cm³/mol. The maximum atomic E-state index is 15.0. The van der Waals surface area contributed by atoms with Gasteiger partial charge in [0.05, 0.1) is 16.5 Å². The summed E-state index contributed by atoms with van der Waals surface area (Å²) in [4.78, 5) is 1.80. The van der Waals surface area contributed by atoms with E-state index >= 15 is 0 Å². The zero-order valence-corrected chi connectivity index (χ0v) is 15.1. The number of rotatable bonds is 1. The van der Waals surface area contributed by atoms with Gasteiger partial charge in [0.1, 0.15) is 5.82 Å². The quantitative estimate of drug-likeness (QED) is 0.478. The summed E-state index contributed by atoms with van der Waals surface area (Å²) in [5, 5.41) is 7.86. The Balaban J connectivity index is 2.10. The van der Waals surface area contributed by atoms with E-state index in [0.29, 0.717) is 23.5 Å². The van der Waals surface area contributed by atoms with Gasteiger partial charge in [-0.25, -0.2) is 4.39 Å². The third-order valence-electron chi connectivity index (χ3n) is 5.69. The molecule has 6 heteroatoms. The molecule has 0 amide bonds. The molecule has 0 spiro atoms. The van der Waals surface area contributed by atoms with E-state index in [0.717, 1.165) is 18.4 Å². The fourth-order valence-electron chi connectivity index (χ4n) is 3.54. The second-order valence-corrected chi connectivity index (χ2v) is 8.05. The average molecular weight is 337 g/mol. The summed E-state index contributed by atoms with van der Waals surface area (Å²) >= 11 is 6.38. The van der Waals surface area contributed by atoms with Gasteiger partial charge in [-0.15, -0.1) is 0 Å². The van der Waals surface area contributed by atoms with Crippen molar-refractivity contribution in [1.29, 1.82) is 5.41 Å². The van der Waals surface area contributed by atoms with Gasteiger partial charge in [-0.1, -0.05) is 31.5 Å². The summed E-state index contributed by atoms with van der Waals surface area (Å²) in [6.45, 7) is 10.4. The summed E-state index contributed by atoms with van der Waals surface area (Å²) < 4.78 is 21.0. The molecule has 1 aromatic carbocycles. The lowest BCUT2D eigenvalue weighted by Gasteiger charge is -2.57. The van der Waals surface area contributed by atoms with E-state index in [9.17, 15) is 4.39 Å². The summed E-state index contributed by atoms with van der Waals surface area (Å²) in [6, 6.07) is 1.90. The van der Waals surface area contributed by atoms with Crippen LogP contribution < -0.4 is 10.4 Å². The van der Waals surface area contributed by atoms with Gasteiger partial charge in [0.25, 0.3) is 0 Å². The highest BCUT2D eigenvalue weighted by atomic mass is 35.5. The van der Waals surface area contributed by atoms with Crippen LogP contribution in [0.2, 0.25) is 10.3 Å². The molecular formula is C17H23BClFN2O. The zero-order chi connectivity index (χ0) is 17.2. The topological polar surface area (TPSA) is 36.3 Å². The molecule has 0 aliphatic carbocycles. The molecule has 1 saturated heterocycles. The molecule has 0 unspecified atom stereocenters. The van der Waals surface area contributed by atoms with Crippen molar-refractivity contribution in [2.24, 2.45) is 0 Å². The number of anilines is 1. The van der Waals surface area contributed by atoms with Gasteiger partial charge < -0.3 is 9.55 Å². The molecule has 23 heavy (non-hydrogen) atoms. The van der Waals surface area contributed by atoms with Gasteiger partial charge in [0.15, 0.2) is 0 Å². The second-order valence-electron chi connectivity index (χ2n) is 7.67. The predicted octanol–water partition coefficient (Wildman–Crippen LogP) is 4.02. The fraction of sp³-hybridized carbons (Fsp3) is 0.588. The number of halogens is 2. The van der Waals surface area contributed by atoms with E-state index in [4.69, 9.17) is 21.7 Å². The molecule has 2 aliphatic heterocycles. The molecular weight excluding hydrogens is 313 g/mol. The first-order valence-corrected chi connectivity index (χ1v) is 8.47. The Morgan fingerprint density at radius 3 is 2.57 bits per heavy atom. The van der Waals surface area contributed by atoms with Crippen LogP contribution in [0.4, 0.5) is 10.1 Å². The largest absolute Gasteiger partial charge is 0.425 e. The number of nitrogens with zero attached hydrogens (tertiary/aromatic N) is 1. The molecule has 0 saturated carbocycles. The first-order valence-electron chi connectivity index (χ1n) is 8.09. The smallest absolute Gasteiger partial charge is 0.338 e. The van der Waals surface area contributed by atoms with Gasteiger partial charge in [-0.2, -0.15) is 0 Å². The highest BCUT2D eigenvalue weighted by Crippen LogP contribution is 2.53. The molecule has 0 atom stereocenters. The van der Waals surface area contributed by atoms with E-state index in [-0.39, 0.29) is 22.9 Å². The third kappa shape index (κ3) is 2.32. The Hall–Kier alpha value is -1.07. The standard InChI is InChI=1S/C17H23BClFN2O/c1-10(21)22-8-6-7-11-9-12(14(20)13(19)15(11)22)18-16(2,3)17(4,5)23-18/h9,21H,6-8H2,1-5H3. The number of fused-ring (bicyclic) bond motifs is 1. The van der Waals surface area contributed by atoms with E-state index in [1.165, 1.54) is 0 Å². The molecule has 1 fully saturated rings. The minimum atomic E-state index is -0.410. The molecule has 0 bridgehead atoms. The van der Waals surface area contributed by atoms with Crippen molar-refractivity contribution in [3.05, 3.63) is 22.5 Å². The van der Waals surface area contributed by atoms with Crippen molar-refractivity contribution >= 4 is 35.5 Å². The lowest BCUT2D eigenvalue weighted by atomic mass is 9.33. The number of amidine groups is 1. The van der Waals surface area contributed by atoms with Gasteiger partial charge in [0.2, 0.25) is 0 Å². The van der Waals surface area contributed by atoms with Crippen molar-refractivity contribution in [2.45, 2.75) is 58.4 Å². The number of nitrogens with one attached hydrogen (secondary N) is 1. The van der Waals surface area contributed by atoms with Crippen molar-refractivity contribution in [1.82, 2.24) is 0 Å². The highest BCUT2D eigenvalue weighted by molar-refractivity contribution is 6.73. The zero-order valence-electron chi connectivity index (χ0n) is 14.4. The van der Waals surface area contributed by atoms with Gasteiger partial charge in [0, 0.05) is 17.5 Å². The third-order valence-corrected chi connectivity index (χ3v) is 6.04. The SMILES string of the molecule is CC(=N)N1CCCc2cc(B3OC(C)(C)C3(C)C)c(F)c(Cl)c21. The molecule has 2 heterocycles. The first-order chi connectivity index (χ1) is 10.6. The van der Waals surface area contributed by atoms with Gasteiger partial charge in [-0.05, 0) is 44.6 Å². The van der Waals surface area contributed by atoms with Crippen LogP contribution in [0.1, 0.15) is 46.6 Å². The van der Waals surface area contributed by atoms with Crippen LogP contribution in [0.15, 0.2) is 6.07 Å². The first kappa shape index (κ1) is 16.8. The van der Waals surface area contributed by atoms with Crippen LogP contribution in [0.5, 0.6) is 0 Å². The van der Waals surface area contributed by atoms with Gasteiger partial charge in [-0.3, -0.25) is 5.41 Å². The normalized spacial score (nSPS) is 21.7. The summed E-state index contributed by atoms with van der Waals surface area (Å²) in [6.07, 6.45) is 1.79. The highest BCUT2D eigenvalue weighted by Gasteiger charge is 2.60. The van der Waals surface area contributed by atoms with Crippen LogP contribution in [-0.2, 0) is 11.1 Å². The van der Waals surface area contributed by atoms with E-state index < -0.39 is 5.82 Å². The number of hydrogen-bond acceptors (Lipinski definition) is 2. The Kier molecular flexibility index (Phi) is 3.81. The summed E-state index contributed by atoms with van der Waals surface area (Å²) in [5.41, 5.74) is 1.92. The fourth-order valence-corrected chi connectivity index (χ4v) is 3.88. The van der Waals surface area contributed by atoms with Crippen molar-refractivity contribution < 1.29 is 9.04 Å². The molecule has 3 nitrogen and oxygen atoms in total. The maximum absolute atomic E-state index is 15.0. The Morgan fingerprint density at radius 1 is 1.39 bits per heavy atom. The molecule has 1 N–H and O–H groups in total. The Morgan fingerprint density at radius 2 is 2.04 bits per heavy atom.